The number of nitrogens with one attached hydrogen (secondary N) is 1. The molecular weight excluding hydrogens is 364 g/mol. The Labute approximate surface area is 170 Å². The van der Waals surface area contributed by atoms with E-state index in [-0.39, 0.29) is 5.91 Å². The predicted octanol–water partition coefficient (Wildman–Crippen LogP) is 4.52. The highest BCUT2D eigenvalue weighted by Crippen LogP contribution is 2.30. The van der Waals surface area contributed by atoms with Crippen molar-refractivity contribution in [3.8, 4) is 11.5 Å². The summed E-state index contributed by atoms with van der Waals surface area (Å²) in [7, 11) is 3.16. The Morgan fingerprint density at radius 1 is 1.00 bits per heavy atom. The molecule has 0 spiro atoms. The number of rotatable bonds is 6. The average molecular weight is 388 g/mol. The summed E-state index contributed by atoms with van der Waals surface area (Å²) in [5.74, 6) is 1.06. The molecule has 0 atom stereocenters. The molecule has 0 saturated heterocycles. The second kappa shape index (κ2) is 8.27. The van der Waals surface area contributed by atoms with E-state index in [1.54, 1.807) is 32.4 Å². The third-order valence-electron chi connectivity index (χ3n) is 5.23. The fourth-order valence-electron chi connectivity index (χ4n) is 3.65. The standard InChI is InChI=1S/C24H24N2O3/c1-28-20-11-12-21(23(15-20)29-2)25-24(27)19-9-7-17(8-10-19)16-26-14-13-18-5-3-4-6-22(18)26/h3-12,15H,13-14,16H2,1-2H3,(H,25,27). The quantitative estimate of drug-likeness (QED) is 0.675. The number of ether oxygens (including phenoxy) is 2. The summed E-state index contributed by atoms with van der Waals surface area (Å²) in [5, 5.41) is 2.90. The van der Waals surface area contributed by atoms with Crippen molar-refractivity contribution in [1.82, 2.24) is 0 Å². The van der Waals surface area contributed by atoms with E-state index in [2.05, 4.69) is 34.5 Å². The minimum atomic E-state index is -0.175. The minimum Gasteiger partial charge on any atom is -0.497 e. The minimum absolute atomic E-state index is 0.175. The molecule has 3 aromatic carbocycles. The van der Waals surface area contributed by atoms with Gasteiger partial charge < -0.3 is 19.7 Å². The molecule has 29 heavy (non-hydrogen) atoms. The van der Waals surface area contributed by atoms with E-state index in [9.17, 15) is 4.79 Å². The van der Waals surface area contributed by atoms with Crippen LogP contribution in [0.15, 0.2) is 66.7 Å². The second-order valence-corrected chi connectivity index (χ2v) is 7.02. The number of para-hydroxylation sites is 1. The molecule has 0 bridgehead atoms. The normalized spacial score (nSPS) is 12.4. The van der Waals surface area contributed by atoms with Crippen LogP contribution in [0.2, 0.25) is 0 Å². The Balaban J connectivity index is 1.44. The van der Waals surface area contributed by atoms with E-state index in [4.69, 9.17) is 9.47 Å². The van der Waals surface area contributed by atoms with Crippen molar-refractivity contribution in [2.24, 2.45) is 0 Å². The number of carbonyl (C=O) groups is 1. The van der Waals surface area contributed by atoms with Gasteiger partial charge in [-0.15, -0.1) is 0 Å². The summed E-state index contributed by atoms with van der Waals surface area (Å²) in [6.45, 7) is 1.87. The zero-order chi connectivity index (χ0) is 20.2. The van der Waals surface area contributed by atoms with Crippen LogP contribution in [-0.2, 0) is 13.0 Å². The molecule has 0 saturated carbocycles. The summed E-state index contributed by atoms with van der Waals surface area (Å²) >= 11 is 0. The number of hydrogen-bond acceptors (Lipinski definition) is 4. The SMILES string of the molecule is COc1ccc(NC(=O)c2ccc(CN3CCc4ccccc43)cc2)c(OC)c1. The number of carbonyl (C=O) groups excluding carboxylic acids is 1. The zero-order valence-corrected chi connectivity index (χ0v) is 16.6. The number of amides is 1. The van der Waals surface area contributed by atoms with Crippen molar-refractivity contribution in [3.63, 3.8) is 0 Å². The van der Waals surface area contributed by atoms with Crippen LogP contribution in [0.25, 0.3) is 0 Å². The molecule has 3 aromatic rings. The molecule has 5 heteroatoms. The van der Waals surface area contributed by atoms with Crippen LogP contribution in [0.1, 0.15) is 21.5 Å². The van der Waals surface area contributed by atoms with Gasteiger partial charge in [-0.05, 0) is 47.9 Å². The molecule has 1 heterocycles. The van der Waals surface area contributed by atoms with E-state index in [0.29, 0.717) is 22.7 Å². The van der Waals surface area contributed by atoms with Gasteiger partial charge in [-0.25, -0.2) is 0 Å². The third-order valence-corrected chi connectivity index (χ3v) is 5.23. The first-order chi connectivity index (χ1) is 14.2. The van der Waals surface area contributed by atoms with Crippen LogP contribution < -0.4 is 19.7 Å². The molecule has 0 radical (unpaired) electrons. The third kappa shape index (κ3) is 4.04. The maximum absolute atomic E-state index is 12.6. The molecular formula is C24H24N2O3. The summed E-state index contributed by atoms with van der Waals surface area (Å²) in [5.41, 5.74) is 5.10. The molecule has 0 aromatic heterocycles. The highest BCUT2D eigenvalue weighted by molar-refractivity contribution is 6.05. The lowest BCUT2D eigenvalue weighted by Crippen LogP contribution is -2.19. The zero-order valence-electron chi connectivity index (χ0n) is 16.6. The molecule has 0 unspecified atom stereocenters. The summed E-state index contributed by atoms with van der Waals surface area (Å²) in [6.07, 6.45) is 1.08. The van der Waals surface area contributed by atoms with E-state index in [1.165, 1.54) is 16.8 Å². The molecule has 4 rings (SSSR count). The highest BCUT2D eigenvalue weighted by atomic mass is 16.5. The second-order valence-electron chi connectivity index (χ2n) is 7.02. The molecule has 1 aliphatic rings. The Hall–Kier alpha value is -3.47. The molecule has 5 nitrogen and oxygen atoms in total. The Bertz CT molecular complexity index is 1010. The number of methoxy groups -OCH3 is 2. The van der Waals surface area contributed by atoms with Crippen molar-refractivity contribution in [3.05, 3.63) is 83.4 Å². The molecule has 1 N–H and O–H groups in total. The molecule has 148 valence electrons. The van der Waals surface area contributed by atoms with E-state index in [1.807, 2.05) is 24.3 Å². The Morgan fingerprint density at radius 3 is 2.55 bits per heavy atom. The first-order valence-electron chi connectivity index (χ1n) is 9.63. The van der Waals surface area contributed by atoms with Gasteiger partial charge in [-0.1, -0.05) is 30.3 Å². The van der Waals surface area contributed by atoms with Crippen LogP contribution in [-0.4, -0.2) is 26.7 Å². The van der Waals surface area contributed by atoms with Crippen LogP contribution in [0, 0.1) is 0 Å². The van der Waals surface area contributed by atoms with Gasteiger partial charge in [0, 0.05) is 30.4 Å². The summed E-state index contributed by atoms with van der Waals surface area (Å²) < 4.78 is 10.5. The van der Waals surface area contributed by atoms with Crippen LogP contribution in [0.3, 0.4) is 0 Å². The lowest BCUT2D eigenvalue weighted by Gasteiger charge is -2.19. The monoisotopic (exact) mass is 388 g/mol. The van der Waals surface area contributed by atoms with Crippen LogP contribution in [0.4, 0.5) is 11.4 Å². The number of benzene rings is 3. The van der Waals surface area contributed by atoms with Gasteiger partial charge in [0.2, 0.25) is 0 Å². The maximum atomic E-state index is 12.6. The van der Waals surface area contributed by atoms with Crippen LogP contribution in [0.5, 0.6) is 11.5 Å². The van der Waals surface area contributed by atoms with Crippen molar-refractivity contribution >= 4 is 17.3 Å². The number of anilines is 2. The van der Waals surface area contributed by atoms with E-state index in [0.717, 1.165) is 19.5 Å². The van der Waals surface area contributed by atoms with Crippen LogP contribution >= 0.6 is 0 Å². The molecule has 1 amide bonds. The van der Waals surface area contributed by atoms with Crippen molar-refractivity contribution < 1.29 is 14.3 Å². The predicted molar refractivity (Wildman–Crippen MR) is 115 cm³/mol. The van der Waals surface area contributed by atoms with Gasteiger partial charge in [0.25, 0.3) is 5.91 Å². The van der Waals surface area contributed by atoms with Gasteiger partial charge in [-0.3, -0.25) is 4.79 Å². The van der Waals surface area contributed by atoms with E-state index >= 15 is 0 Å². The number of hydrogen-bond donors (Lipinski definition) is 1. The molecule has 0 fully saturated rings. The first kappa shape index (κ1) is 18.9. The Kier molecular flexibility index (Phi) is 5.38. The van der Waals surface area contributed by atoms with Gasteiger partial charge in [-0.2, -0.15) is 0 Å². The van der Waals surface area contributed by atoms with Crippen molar-refractivity contribution in [2.45, 2.75) is 13.0 Å². The summed E-state index contributed by atoms with van der Waals surface area (Å²) in [6, 6.07) is 21.6. The van der Waals surface area contributed by atoms with Crippen molar-refractivity contribution in [2.75, 3.05) is 31.0 Å². The largest absolute Gasteiger partial charge is 0.497 e. The molecule has 0 aliphatic carbocycles. The topological polar surface area (TPSA) is 50.8 Å². The van der Waals surface area contributed by atoms with Crippen molar-refractivity contribution in [1.29, 1.82) is 0 Å². The van der Waals surface area contributed by atoms with Gasteiger partial charge in [0.05, 0.1) is 19.9 Å². The number of nitrogens with zero attached hydrogens (tertiary/aromatic N) is 1. The van der Waals surface area contributed by atoms with Gasteiger partial charge in [0.1, 0.15) is 11.5 Å². The fourth-order valence-corrected chi connectivity index (χ4v) is 3.65. The molecule has 1 aliphatic heterocycles. The lowest BCUT2D eigenvalue weighted by molar-refractivity contribution is 0.102. The first-order valence-corrected chi connectivity index (χ1v) is 9.63. The van der Waals surface area contributed by atoms with E-state index < -0.39 is 0 Å². The highest BCUT2D eigenvalue weighted by Gasteiger charge is 2.18. The number of fused-ring (bicyclic) bond motifs is 1. The lowest BCUT2D eigenvalue weighted by atomic mass is 10.1. The summed E-state index contributed by atoms with van der Waals surface area (Å²) in [4.78, 5) is 15.0. The van der Waals surface area contributed by atoms with Gasteiger partial charge in [0.15, 0.2) is 0 Å². The smallest absolute Gasteiger partial charge is 0.255 e. The van der Waals surface area contributed by atoms with Gasteiger partial charge >= 0.3 is 0 Å². The fraction of sp³-hybridized carbons (Fsp3) is 0.208. The Morgan fingerprint density at radius 2 is 1.79 bits per heavy atom. The maximum Gasteiger partial charge on any atom is 0.255 e. The average Bonchev–Trinajstić information content (AvgIpc) is 3.17.